The van der Waals surface area contributed by atoms with E-state index in [9.17, 15) is 9.59 Å². The molecule has 5 heteroatoms. The molecule has 0 aliphatic carbocycles. The van der Waals surface area contributed by atoms with E-state index in [1.165, 1.54) is 0 Å². The maximum absolute atomic E-state index is 12.7. The van der Waals surface area contributed by atoms with Crippen molar-refractivity contribution in [3.8, 4) is 11.3 Å². The maximum Gasteiger partial charge on any atom is 0.255 e. The van der Waals surface area contributed by atoms with E-state index in [4.69, 9.17) is 0 Å². The summed E-state index contributed by atoms with van der Waals surface area (Å²) in [5, 5.41) is 7.18. The molecule has 0 saturated carbocycles. The number of amides is 1. The van der Waals surface area contributed by atoms with E-state index in [1.807, 2.05) is 60.7 Å². The van der Waals surface area contributed by atoms with Gasteiger partial charge in [0.05, 0.1) is 11.6 Å². The molecule has 5 nitrogen and oxygen atoms in total. The molecule has 126 valence electrons. The number of carbonyl (C=O) groups is 2. The highest BCUT2D eigenvalue weighted by molar-refractivity contribution is 6.00. The SMILES string of the molecule is Cn1cc(C(=O)N[C@H](C=O)Cc2ccccc2)c(-c2ccccc2)n1. The van der Waals surface area contributed by atoms with Gasteiger partial charge < -0.3 is 10.1 Å². The van der Waals surface area contributed by atoms with Crippen molar-refractivity contribution in [2.45, 2.75) is 12.5 Å². The molecule has 1 heterocycles. The Morgan fingerprint density at radius 1 is 1.12 bits per heavy atom. The van der Waals surface area contributed by atoms with Crippen LogP contribution in [0.25, 0.3) is 11.3 Å². The van der Waals surface area contributed by atoms with E-state index in [0.717, 1.165) is 17.4 Å². The van der Waals surface area contributed by atoms with Crippen molar-refractivity contribution in [3.63, 3.8) is 0 Å². The van der Waals surface area contributed by atoms with Crippen molar-refractivity contribution in [2.75, 3.05) is 0 Å². The lowest BCUT2D eigenvalue weighted by Gasteiger charge is -2.13. The van der Waals surface area contributed by atoms with E-state index < -0.39 is 6.04 Å². The second-order valence-electron chi connectivity index (χ2n) is 5.84. The standard InChI is InChI=1S/C20H19N3O2/c1-23-13-18(19(22-23)16-10-6-3-7-11-16)20(25)21-17(14-24)12-15-8-4-2-5-9-15/h2-11,13-14,17H,12H2,1H3,(H,21,25)/t17-/m0/s1. The summed E-state index contributed by atoms with van der Waals surface area (Å²) in [5.41, 5.74) is 2.91. The predicted octanol–water partition coefficient (Wildman–Crippen LogP) is 2.63. The van der Waals surface area contributed by atoms with Gasteiger partial charge >= 0.3 is 0 Å². The molecular weight excluding hydrogens is 314 g/mol. The molecule has 1 amide bonds. The highest BCUT2D eigenvalue weighted by atomic mass is 16.2. The molecule has 0 bridgehead atoms. The van der Waals surface area contributed by atoms with Crippen LogP contribution in [0.3, 0.4) is 0 Å². The van der Waals surface area contributed by atoms with E-state index in [0.29, 0.717) is 17.7 Å². The monoisotopic (exact) mass is 333 g/mol. The van der Waals surface area contributed by atoms with Crippen LogP contribution in [-0.4, -0.2) is 28.0 Å². The van der Waals surface area contributed by atoms with Crippen molar-refractivity contribution < 1.29 is 9.59 Å². The number of rotatable bonds is 6. The quantitative estimate of drug-likeness (QED) is 0.705. The van der Waals surface area contributed by atoms with Crippen LogP contribution < -0.4 is 5.32 Å². The Bertz CT molecular complexity index is 857. The molecule has 0 radical (unpaired) electrons. The molecule has 1 N–H and O–H groups in total. The lowest BCUT2D eigenvalue weighted by molar-refractivity contribution is -0.109. The molecule has 0 saturated heterocycles. The van der Waals surface area contributed by atoms with Gasteiger partial charge in [-0.1, -0.05) is 60.7 Å². The first-order valence-electron chi connectivity index (χ1n) is 8.06. The van der Waals surface area contributed by atoms with Crippen molar-refractivity contribution >= 4 is 12.2 Å². The summed E-state index contributed by atoms with van der Waals surface area (Å²) in [6.07, 6.45) is 2.89. The number of aromatic nitrogens is 2. The molecule has 25 heavy (non-hydrogen) atoms. The van der Waals surface area contributed by atoms with Crippen LogP contribution in [-0.2, 0) is 18.3 Å². The van der Waals surface area contributed by atoms with Gasteiger partial charge in [0.1, 0.15) is 12.0 Å². The third-order valence-electron chi connectivity index (χ3n) is 3.90. The van der Waals surface area contributed by atoms with Crippen molar-refractivity contribution in [3.05, 3.63) is 78.0 Å². The first kappa shape index (κ1) is 16.6. The van der Waals surface area contributed by atoms with Crippen LogP contribution in [0.15, 0.2) is 66.9 Å². The van der Waals surface area contributed by atoms with Gasteiger partial charge in [0.2, 0.25) is 0 Å². The number of aryl methyl sites for hydroxylation is 1. The largest absolute Gasteiger partial charge is 0.342 e. The predicted molar refractivity (Wildman–Crippen MR) is 96.1 cm³/mol. The van der Waals surface area contributed by atoms with E-state index in [2.05, 4.69) is 10.4 Å². The van der Waals surface area contributed by atoms with Crippen LogP contribution >= 0.6 is 0 Å². The van der Waals surface area contributed by atoms with Crippen LogP contribution in [0, 0.1) is 0 Å². The second kappa shape index (κ2) is 7.57. The Morgan fingerprint density at radius 2 is 1.76 bits per heavy atom. The topological polar surface area (TPSA) is 64.0 Å². The van der Waals surface area contributed by atoms with Crippen molar-refractivity contribution in [2.24, 2.45) is 7.05 Å². The minimum atomic E-state index is -0.585. The first-order valence-corrected chi connectivity index (χ1v) is 8.06. The minimum absolute atomic E-state index is 0.306. The van der Waals surface area contributed by atoms with E-state index in [1.54, 1.807) is 17.9 Å². The van der Waals surface area contributed by atoms with Crippen LogP contribution in [0.1, 0.15) is 15.9 Å². The van der Waals surface area contributed by atoms with Gasteiger partial charge in [-0.25, -0.2) is 0 Å². The molecule has 3 aromatic rings. The second-order valence-corrected chi connectivity index (χ2v) is 5.84. The minimum Gasteiger partial charge on any atom is -0.342 e. The summed E-state index contributed by atoms with van der Waals surface area (Å²) >= 11 is 0. The summed E-state index contributed by atoms with van der Waals surface area (Å²) in [6, 6.07) is 18.5. The third-order valence-corrected chi connectivity index (χ3v) is 3.90. The Hall–Kier alpha value is -3.21. The zero-order valence-corrected chi connectivity index (χ0v) is 13.9. The molecule has 1 atom stereocenters. The number of benzene rings is 2. The summed E-state index contributed by atoms with van der Waals surface area (Å²) in [6.45, 7) is 0. The summed E-state index contributed by atoms with van der Waals surface area (Å²) in [7, 11) is 1.77. The average molecular weight is 333 g/mol. The normalized spacial score (nSPS) is 11.7. The van der Waals surface area contributed by atoms with Gasteiger partial charge in [0.15, 0.2) is 0 Å². The molecule has 0 aliphatic rings. The van der Waals surface area contributed by atoms with Crippen molar-refractivity contribution in [1.82, 2.24) is 15.1 Å². The van der Waals surface area contributed by atoms with Gasteiger partial charge in [-0.15, -0.1) is 0 Å². The number of nitrogens with zero attached hydrogens (tertiary/aromatic N) is 2. The summed E-state index contributed by atoms with van der Waals surface area (Å²) in [4.78, 5) is 24.1. The van der Waals surface area contributed by atoms with Crippen LogP contribution in [0.2, 0.25) is 0 Å². The lowest BCUT2D eigenvalue weighted by Crippen LogP contribution is -2.37. The first-order chi connectivity index (χ1) is 12.2. The number of aldehydes is 1. The molecule has 3 rings (SSSR count). The zero-order valence-electron chi connectivity index (χ0n) is 13.9. The maximum atomic E-state index is 12.7. The number of carbonyl (C=O) groups excluding carboxylic acids is 2. The zero-order chi connectivity index (χ0) is 17.6. The highest BCUT2D eigenvalue weighted by Crippen LogP contribution is 2.21. The van der Waals surface area contributed by atoms with Crippen LogP contribution in [0.4, 0.5) is 0 Å². The fraction of sp³-hybridized carbons (Fsp3) is 0.150. The highest BCUT2D eigenvalue weighted by Gasteiger charge is 2.20. The average Bonchev–Trinajstić information content (AvgIpc) is 3.04. The Balaban J connectivity index is 1.80. The van der Waals surface area contributed by atoms with Gasteiger partial charge in [-0.3, -0.25) is 9.48 Å². The lowest BCUT2D eigenvalue weighted by atomic mass is 10.1. The summed E-state index contributed by atoms with van der Waals surface area (Å²) < 4.78 is 1.60. The smallest absolute Gasteiger partial charge is 0.255 e. The molecular formula is C20H19N3O2. The summed E-state index contributed by atoms with van der Waals surface area (Å²) in [5.74, 6) is -0.306. The molecule has 2 aromatic carbocycles. The van der Waals surface area contributed by atoms with Gasteiger partial charge in [-0.2, -0.15) is 5.10 Å². The molecule has 1 aromatic heterocycles. The molecule has 0 spiro atoms. The fourth-order valence-electron chi connectivity index (χ4n) is 2.71. The molecule has 0 aliphatic heterocycles. The number of hydrogen-bond donors (Lipinski definition) is 1. The number of nitrogens with one attached hydrogen (secondary N) is 1. The van der Waals surface area contributed by atoms with Crippen LogP contribution in [0.5, 0.6) is 0 Å². The third kappa shape index (κ3) is 4.01. The van der Waals surface area contributed by atoms with Gasteiger partial charge in [0, 0.05) is 18.8 Å². The fourth-order valence-corrected chi connectivity index (χ4v) is 2.71. The van der Waals surface area contributed by atoms with E-state index in [-0.39, 0.29) is 5.91 Å². The molecule has 0 fully saturated rings. The molecule has 0 unspecified atom stereocenters. The Morgan fingerprint density at radius 3 is 2.40 bits per heavy atom. The number of hydrogen-bond acceptors (Lipinski definition) is 3. The van der Waals surface area contributed by atoms with Gasteiger partial charge in [0.25, 0.3) is 5.91 Å². The van der Waals surface area contributed by atoms with Gasteiger partial charge in [-0.05, 0) is 12.0 Å². The Kier molecular flexibility index (Phi) is 5.04. The Labute approximate surface area is 146 Å². The van der Waals surface area contributed by atoms with E-state index >= 15 is 0 Å². The van der Waals surface area contributed by atoms with Crippen molar-refractivity contribution in [1.29, 1.82) is 0 Å².